The second kappa shape index (κ2) is 12.0. The number of piperidine rings is 1. The number of nitrogens with zero attached hydrogens (tertiary/aromatic N) is 4. The van der Waals surface area contributed by atoms with Gasteiger partial charge in [-0.05, 0) is 86.1 Å². The van der Waals surface area contributed by atoms with E-state index >= 15 is 0 Å². The minimum absolute atomic E-state index is 0.0442. The summed E-state index contributed by atoms with van der Waals surface area (Å²) >= 11 is 0. The van der Waals surface area contributed by atoms with Crippen molar-refractivity contribution in [3.05, 3.63) is 88.5 Å². The van der Waals surface area contributed by atoms with Gasteiger partial charge in [0.25, 0.3) is 5.91 Å². The highest BCUT2D eigenvalue weighted by Crippen LogP contribution is 2.30. The lowest BCUT2D eigenvalue weighted by molar-refractivity contribution is 0.0745. The summed E-state index contributed by atoms with van der Waals surface area (Å²) in [6, 6.07) is 21.5. The summed E-state index contributed by atoms with van der Waals surface area (Å²) in [7, 11) is -3.34. The highest BCUT2D eigenvalue weighted by atomic mass is 32.2. The standard InChI is InChI=1S/C33H38N4O3S/c1-24-20-25(2)29(22-28(24)21-26-12-14-35(15-13-26)30-9-5-4-8-27(30)23-34)33(38)37-18-16-36(17-19-37)31-10-6-7-11-32(31)41(3,39)40/h4-11,20,22,26H,12-19,21H2,1-3H3. The number of hydrogen-bond donors (Lipinski definition) is 0. The SMILES string of the molecule is Cc1cc(C)c(C(=O)N2CCN(c3ccccc3S(C)(=O)=O)CC2)cc1CC1CCN(c2ccccc2C#N)CC1. The molecule has 0 aromatic heterocycles. The molecule has 41 heavy (non-hydrogen) atoms. The molecule has 3 aromatic rings. The second-order valence-electron chi connectivity index (χ2n) is 11.4. The van der Waals surface area contributed by atoms with Gasteiger partial charge in [0.15, 0.2) is 9.84 Å². The van der Waals surface area contributed by atoms with Crippen molar-refractivity contribution >= 4 is 27.1 Å². The summed E-state index contributed by atoms with van der Waals surface area (Å²) in [5.41, 5.74) is 6.66. The quantitative estimate of drug-likeness (QED) is 0.415. The Bertz CT molecular complexity index is 1580. The minimum atomic E-state index is -3.34. The Morgan fingerprint density at radius 3 is 2.12 bits per heavy atom. The molecule has 2 aliphatic heterocycles. The van der Waals surface area contributed by atoms with Crippen molar-refractivity contribution < 1.29 is 13.2 Å². The van der Waals surface area contributed by atoms with E-state index in [2.05, 4.69) is 34.9 Å². The molecule has 0 unspecified atom stereocenters. The lowest BCUT2D eigenvalue weighted by Gasteiger charge is -2.37. The molecule has 0 saturated carbocycles. The average molecular weight is 571 g/mol. The summed E-state index contributed by atoms with van der Waals surface area (Å²) in [6.45, 7) is 8.25. The van der Waals surface area contributed by atoms with E-state index in [0.717, 1.165) is 54.7 Å². The maximum absolute atomic E-state index is 13.7. The first-order chi connectivity index (χ1) is 19.7. The van der Waals surface area contributed by atoms with Crippen molar-refractivity contribution in [1.82, 2.24) is 4.90 Å². The molecule has 3 aromatic carbocycles. The van der Waals surface area contributed by atoms with Crippen molar-refractivity contribution in [2.45, 2.75) is 38.0 Å². The topological polar surface area (TPSA) is 84.7 Å². The molecule has 0 radical (unpaired) electrons. The second-order valence-corrected chi connectivity index (χ2v) is 13.4. The maximum atomic E-state index is 13.7. The third kappa shape index (κ3) is 6.25. The van der Waals surface area contributed by atoms with Crippen molar-refractivity contribution in [3.63, 3.8) is 0 Å². The Morgan fingerprint density at radius 1 is 0.854 bits per heavy atom. The van der Waals surface area contributed by atoms with Gasteiger partial charge in [0, 0.05) is 51.1 Å². The zero-order valence-electron chi connectivity index (χ0n) is 24.1. The average Bonchev–Trinajstić information content (AvgIpc) is 2.98. The smallest absolute Gasteiger partial charge is 0.254 e. The van der Waals surface area contributed by atoms with Crippen LogP contribution in [0.1, 0.15) is 45.5 Å². The normalized spacial score (nSPS) is 16.5. The Morgan fingerprint density at radius 2 is 1.46 bits per heavy atom. The van der Waals surface area contributed by atoms with Gasteiger partial charge in [0.05, 0.1) is 21.8 Å². The number of para-hydroxylation sites is 2. The van der Waals surface area contributed by atoms with Crippen LogP contribution in [0.2, 0.25) is 0 Å². The van der Waals surface area contributed by atoms with E-state index in [1.54, 1.807) is 12.1 Å². The molecule has 7 nitrogen and oxygen atoms in total. The van der Waals surface area contributed by atoms with Gasteiger partial charge in [-0.3, -0.25) is 4.79 Å². The number of amides is 1. The molecule has 0 N–H and O–H groups in total. The molecule has 0 atom stereocenters. The molecule has 0 bridgehead atoms. The number of nitriles is 1. The summed E-state index contributed by atoms with van der Waals surface area (Å²) in [5, 5.41) is 9.49. The van der Waals surface area contributed by atoms with Gasteiger partial charge in [-0.25, -0.2) is 8.42 Å². The summed E-state index contributed by atoms with van der Waals surface area (Å²) in [6.07, 6.45) is 4.28. The van der Waals surface area contributed by atoms with Gasteiger partial charge in [-0.15, -0.1) is 0 Å². The van der Waals surface area contributed by atoms with Crippen molar-refractivity contribution in [2.24, 2.45) is 5.92 Å². The molecular formula is C33H38N4O3S. The molecule has 1 amide bonds. The van der Waals surface area contributed by atoms with Crippen LogP contribution in [0.25, 0.3) is 0 Å². The fraction of sp³-hybridized carbons (Fsp3) is 0.394. The Hall–Kier alpha value is -3.83. The molecule has 2 fully saturated rings. The van der Waals surface area contributed by atoms with E-state index in [1.807, 2.05) is 48.2 Å². The first kappa shape index (κ1) is 28.7. The molecule has 2 saturated heterocycles. The maximum Gasteiger partial charge on any atom is 0.254 e. The van der Waals surface area contributed by atoms with Crippen molar-refractivity contribution in [1.29, 1.82) is 5.26 Å². The number of carbonyl (C=O) groups excluding carboxylic acids is 1. The van der Waals surface area contributed by atoms with Crippen LogP contribution in [0.15, 0.2) is 65.6 Å². The fourth-order valence-electron chi connectivity index (χ4n) is 6.23. The van der Waals surface area contributed by atoms with Gasteiger partial charge >= 0.3 is 0 Å². The largest absolute Gasteiger partial charge is 0.370 e. The molecule has 0 aliphatic carbocycles. The Kier molecular flexibility index (Phi) is 8.37. The number of hydrogen-bond acceptors (Lipinski definition) is 6. The van der Waals surface area contributed by atoms with Crippen LogP contribution in [0.4, 0.5) is 11.4 Å². The van der Waals surface area contributed by atoms with E-state index in [9.17, 15) is 18.5 Å². The van der Waals surface area contributed by atoms with Crippen LogP contribution in [0.5, 0.6) is 0 Å². The zero-order chi connectivity index (χ0) is 29.1. The van der Waals surface area contributed by atoms with Crippen molar-refractivity contribution in [2.75, 3.05) is 55.3 Å². The first-order valence-electron chi connectivity index (χ1n) is 14.3. The molecule has 2 aliphatic rings. The molecule has 0 spiro atoms. The van der Waals surface area contributed by atoms with E-state index in [-0.39, 0.29) is 5.91 Å². The van der Waals surface area contributed by atoms with E-state index in [4.69, 9.17) is 0 Å². The third-order valence-corrected chi connectivity index (χ3v) is 9.72. The number of piperazine rings is 1. The Labute approximate surface area is 243 Å². The predicted molar refractivity (Wildman–Crippen MR) is 163 cm³/mol. The molecule has 214 valence electrons. The number of aryl methyl sites for hydroxylation is 2. The van der Waals surface area contributed by atoms with Crippen LogP contribution >= 0.6 is 0 Å². The molecule has 2 heterocycles. The Balaban J connectivity index is 1.24. The van der Waals surface area contributed by atoms with Crippen LogP contribution in [-0.4, -0.2) is 64.7 Å². The lowest BCUT2D eigenvalue weighted by Crippen LogP contribution is -2.49. The highest BCUT2D eigenvalue weighted by molar-refractivity contribution is 7.90. The van der Waals surface area contributed by atoms with Crippen LogP contribution in [0.3, 0.4) is 0 Å². The van der Waals surface area contributed by atoms with Crippen LogP contribution in [0, 0.1) is 31.1 Å². The van der Waals surface area contributed by atoms with E-state index < -0.39 is 9.84 Å². The minimum Gasteiger partial charge on any atom is -0.370 e. The number of anilines is 2. The molecule has 5 rings (SSSR count). The summed E-state index contributed by atoms with van der Waals surface area (Å²) < 4.78 is 24.6. The van der Waals surface area contributed by atoms with Gasteiger partial charge < -0.3 is 14.7 Å². The van der Waals surface area contributed by atoms with Gasteiger partial charge in [0.1, 0.15) is 6.07 Å². The fourth-order valence-corrected chi connectivity index (χ4v) is 7.14. The van der Waals surface area contributed by atoms with E-state index in [1.165, 1.54) is 17.4 Å². The van der Waals surface area contributed by atoms with Gasteiger partial charge in [-0.1, -0.05) is 30.3 Å². The predicted octanol–water partition coefficient (Wildman–Crippen LogP) is 5.00. The number of rotatable bonds is 6. The van der Waals surface area contributed by atoms with Crippen LogP contribution < -0.4 is 9.80 Å². The third-order valence-electron chi connectivity index (χ3n) is 8.57. The monoisotopic (exact) mass is 570 g/mol. The van der Waals surface area contributed by atoms with Gasteiger partial charge in [-0.2, -0.15) is 5.26 Å². The molecular weight excluding hydrogens is 532 g/mol. The van der Waals surface area contributed by atoms with Gasteiger partial charge in [0.2, 0.25) is 0 Å². The summed E-state index contributed by atoms with van der Waals surface area (Å²) in [4.78, 5) is 20.3. The zero-order valence-corrected chi connectivity index (χ0v) is 25.0. The number of benzene rings is 3. The first-order valence-corrected chi connectivity index (χ1v) is 16.2. The lowest BCUT2D eigenvalue weighted by atomic mass is 9.86. The number of sulfone groups is 1. The highest BCUT2D eigenvalue weighted by Gasteiger charge is 2.27. The molecule has 8 heteroatoms. The van der Waals surface area contributed by atoms with Crippen LogP contribution in [-0.2, 0) is 16.3 Å². The van der Waals surface area contributed by atoms with E-state index in [0.29, 0.717) is 42.7 Å². The van der Waals surface area contributed by atoms with Crippen molar-refractivity contribution in [3.8, 4) is 6.07 Å². The number of carbonyl (C=O) groups is 1. The summed E-state index contributed by atoms with van der Waals surface area (Å²) in [5.74, 6) is 0.575.